The molecule has 302 valence electrons. The Bertz CT molecular complexity index is 1060. The Morgan fingerprint density at radius 1 is 0.538 bits per heavy atom. The van der Waals surface area contributed by atoms with Crippen LogP contribution >= 0.6 is 71.5 Å². The molecule has 0 N–H and O–H groups in total. The third-order valence-corrected chi connectivity index (χ3v) is 13.6. The summed E-state index contributed by atoms with van der Waals surface area (Å²) >= 11 is 16.9. The molecule has 52 heavy (non-hydrogen) atoms. The van der Waals surface area contributed by atoms with Crippen LogP contribution in [0.4, 0.5) is 0 Å². The van der Waals surface area contributed by atoms with Gasteiger partial charge in [0.2, 0.25) is 0 Å². The minimum Gasteiger partial charge on any atom is -0.465 e. The summed E-state index contributed by atoms with van der Waals surface area (Å²) in [6.07, 6.45) is 11.5. The summed E-state index contributed by atoms with van der Waals surface area (Å²) in [5.41, 5.74) is -1.41. The first kappa shape index (κ1) is 51.5. The molecule has 0 aliphatic heterocycles. The highest BCUT2D eigenvalue weighted by Gasteiger charge is 2.37. The van der Waals surface area contributed by atoms with Crippen molar-refractivity contribution in [3.8, 4) is 0 Å². The molecule has 0 saturated carbocycles. The van der Waals surface area contributed by atoms with Gasteiger partial charge in [-0.25, -0.2) is 0 Å². The van der Waals surface area contributed by atoms with Gasteiger partial charge in [-0.2, -0.15) is 0 Å². The minimum atomic E-state index is -0.910. The topological polar surface area (TPSA) is 105 Å². The number of thiocarbonyl (C=S) groups is 2. The van der Waals surface area contributed by atoms with Gasteiger partial charge in [0.15, 0.2) is 0 Å². The van der Waals surface area contributed by atoms with E-state index in [-0.39, 0.29) is 42.2 Å². The Balaban J connectivity index is 4.68. The van der Waals surface area contributed by atoms with Gasteiger partial charge in [0.25, 0.3) is 0 Å². The monoisotopic (exact) mass is 842 g/mol. The number of thioether (sulfide) groups is 4. The Labute approximate surface area is 343 Å². The van der Waals surface area contributed by atoms with Crippen LogP contribution in [0.3, 0.4) is 0 Å². The van der Waals surface area contributed by atoms with Gasteiger partial charge in [0, 0.05) is 0 Å². The van der Waals surface area contributed by atoms with Crippen LogP contribution in [0, 0.1) is 10.8 Å². The molecule has 2 atom stereocenters. The quantitative estimate of drug-likeness (QED) is 0.0323. The van der Waals surface area contributed by atoms with Gasteiger partial charge in [-0.3, -0.25) is 19.2 Å². The lowest BCUT2D eigenvalue weighted by atomic mass is 9.87. The van der Waals surface area contributed by atoms with Crippen LogP contribution in [0.15, 0.2) is 0 Å². The fourth-order valence-corrected chi connectivity index (χ4v) is 9.90. The van der Waals surface area contributed by atoms with E-state index >= 15 is 0 Å². The summed E-state index contributed by atoms with van der Waals surface area (Å²) < 4.78 is 23.6. The standard InChI is InChI=1S/C38H66O8S6/c1-9-12-26-49-35(47)51-29(11-3)31(39)43-22-18-14-15-19-23-44-32(40)30(52-36(48)50-27-13-10-2)28-38(7,8)34(42)46-25-21-17-16-20-24-45-33(41)37(4,5)6/h29-30H,9-28H2,1-8H3. The molecule has 0 spiro atoms. The van der Waals surface area contributed by atoms with Crippen molar-refractivity contribution in [3.05, 3.63) is 0 Å². The summed E-state index contributed by atoms with van der Waals surface area (Å²) in [4.78, 5) is 50.8. The fraction of sp³-hybridized carbons (Fsp3) is 0.842. The highest BCUT2D eigenvalue weighted by Crippen LogP contribution is 2.34. The maximum atomic E-state index is 13.3. The second-order valence-corrected chi connectivity index (χ2v) is 21.3. The SMILES string of the molecule is CCCCSC(=S)SC(CC)C(=O)OCCCCCCOC(=O)C(CC(C)(C)C(=O)OCCCCCCOC(=O)C(C)(C)C)SC(=S)SCCCC. The Morgan fingerprint density at radius 3 is 1.33 bits per heavy atom. The molecule has 14 heteroatoms. The molecule has 0 bridgehead atoms. The Kier molecular flexibility index (Phi) is 30.3. The zero-order valence-corrected chi connectivity index (χ0v) is 37.9. The fourth-order valence-electron chi connectivity index (χ4n) is 4.31. The Morgan fingerprint density at radius 2 is 0.923 bits per heavy atom. The largest absolute Gasteiger partial charge is 0.465 e. The van der Waals surface area contributed by atoms with E-state index in [4.69, 9.17) is 43.4 Å². The smallest absolute Gasteiger partial charge is 0.319 e. The molecule has 0 radical (unpaired) electrons. The van der Waals surface area contributed by atoms with Gasteiger partial charge < -0.3 is 18.9 Å². The maximum absolute atomic E-state index is 13.3. The number of ether oxygens (including phenoxy) is 4. The van der Waals surface area contributed by atoms with E-state index in [9.17, 15) is 19.2 Å². The molecule has 0 saturated heterocycles. The molecular weight excluding hydrogens is 777 g/mol. The molecule has 0 amide bonds. The van der Waals surface area contributed by atoms with E-state index < -0.39 is 16.1 Å². The van der Waals surface area contributed by atoms with Gasteiger partial charge in [0.1, 0.15) is 17.6 Å². The normalized spacial score (nSPS) is 12.8. The summed E-state index contributed by atoms with van der Waals surface area (Å²) in [6.45, 7) is 16.6. The lowest BCUT2D eigenvalue weighted by Crippen LogP contribution is -2.34. The molecule has 0 fully saturated rings. The molecule has 2 unspecified atom stereocenters. The number of carbonyl (C=O) groups is 4. The average Bonchev–Trinajstić information content (AvgIpc) is 3.08. The van der Waals surface area contributed by atoms with E-state index in [1.165, 1.54) is 23.5 Å². The first-order chi connectivity index (χ1) is 24.6. The van der Waals surface area contributed by atoms with E-state index in [1.54, 1.807) is 37.4 Å². The zero-order valence-electron chi connectivity index (χ0n) is 33.0. The summed E-state index contributed by atoms with van der Waals surface area (Å²) in [6, 6.07) is 0. The van der Waals surface area contributed by atoms with Crippen molar-refractivity contribution in [3.63, 3.8) is 0 Å². The first-order valence-corrected chi connectivity index (χ1v) is 23.5. The maximum Gasteiger partial charge on any atom is 0.319 e. The van der Waals surface area contributed by atoms with Crippen LogP contribution in [0.2, 0.25) is 0 Å². The number of hydrogen-bond acceptors (Lipinski definition) is 14. The van der Waals surface area contributed by atoms with Crippen LogP contribution < -0.4 is 0 Å². The van der Waals surface area contributed by atoms with Crippen molar-refractivity contribution in [1.82, 2.24) is 0 Å². The van der Waals surface area contributed by atoms with Crippen LogP contribution in [-0.4, -0.2) is 79.4 Å². The third kappa shape index (κ3) is 26.3. The molecular formula is C38H66O8S6. The molecule has 0 heterocycles. The highest BCUT2D eigenvalue weighted by atomic mass is 32.2. The number of hydrogen-bond donors (Lipinski definition) is 0. The van der Waals surface area contributed by atoms with Crippen LogP contribution in [-0.2, 0) is 38.1 Å². The van der Waals surface area contributed by atoms with Gasteiger partial charge in [-0.05, 0) is 123 Å². The van der Waals surface area contributed by atoms with Gasteiger partial charge in [0.05, 0.1) is 37.3 Å². The minimum absolute atomic E-state index is 0.204. The lowest BCUT2D eigenvalue weighted by Gasteiger charge is -2.26. The molecule has 0 rings (SSSR count). The summed E-state index contributed by atoms with van der Waals surface area (Å²) in [5, 5.41) is -0.896. The van der Waals surface area contributed by atoms with Crippen LogP contribution in [0.5, 0.6) is 0 Å². The first-order valence-electron chi connectivity index (χ1n) is 18.9. The predicted octanol–water partition coefficient (Wildman–Crippen LogP) is 11.0. The lowest BCUT2D eigenvalue weighted by molar-refractivity contribution is -0.156. The second-order valence-electron chi connectivity index (χ2n) is 14.3. The number of unbranched alkanes of at least 4 members (excludes halogenated alkanes) is 8. The molecule has 0 aromatic heterocycles. The van der Waals surface area contributed by atoms with Crippen LogP contribution in [0.1, 0.15) is 145 Å². The zero-order chi connectivity index (χ0) is 39.4. The molecule has 0 aliphatic rings. The third-order valence-electron chi connectivity index (χ3n) is 7.70. The van der Waals surface area contributed by atoms with Gasteiger partial charge >= 0.3 is 23.9 Å². The van der Waals surface area contributed by atoms with Gasteiger partial charge in [-0.1, -0.05) is 81.6 Å². The van der Waals surface area contributed by atoms with Gasteiger partial charge in [-0.15, -0.1) is 23.5 Å². The van der Waals surface area contributed by atoms with Crippen molar-refractivity contribution in [2.75, 3.05) is 37.9 Å². The number of rotatable bonds is 28. The van der Waals surface area contributed by atoms with E-state index in [1.807, 2.05) is 27.7 Å². The summed E-state index contributed by atoms with van der Waals surface area (Å²) in [7, 11) is 0. The number of esters is 4. The van der Waals surface area contributed by atoms with Crippen molar-refractivity contribution in [2.24, 2.45) is 10.8 Å². The van der Waals surface area contributed by atoms with Crippen molar-refractivity contribution >= 4 is 102 Å². The molecule has 0 aromatic rings. The van der Waals surface area contributed by atoms with E-state index in [2.05, 4.69) is 13.8 Å². The molecule has 0 aromatic carbocycles. The van der Waals surface area contributed by atoms with E-state index in [0.717, 1.165) is 79.2 Å². The van der Waals surface area contributed by atoms with Crippen molar-refractivity contribution in [1.29, 1.82) is 0 Å². The van der Waals surface area contributed by atoms with Crippen LogP contribution in [0.25, 0.3) is 0 Å². The molecule has 0 aliphatic carbocycles. The Hall–Kier alpha value is -0.540. The molecule has 8 nitrogen and oxygen atoms in total. The predicted molar refractivity (Wildman–Crippen MR) is 232 cm³/mol. The second kappa shape index (κ2) is 30.7. The van der Waals surface area contributed by atoms with Crippen molar-refractivity contribution in [2.45, 2.75) is 156 Å². The van der Waals surface area contributed by atoms with Crippen molar-refractivity contribution < 1.29 is 38.1 Å². The average molecular weight is 843 g/mol. The van der Waals surface area contributed by atoms with E-state index in [0.29, 0.717) is 42.6 Å². The summed E-state index contributed by atoms with van der Waals surface area (Å²) in [5.74, 6) is 0.711. The highest BCUT2D eigenvalue weighted by molar-refractivity contribution is 8.48. The number of carbonyl (C=O) groups excluding carboxylic acids is 4.